The van der Waals surface area contributed by atoms with Crippen LogP contribution in [0.5, 0.6) is 0 Å². The van der Waals surface area contributed by atoms with Gasteiger partial charge >= 0.3 is 0 Å². The van der Waals surface area contributed by atoms with E-state index in [0.717, 1.165) is 12.8 Å². The maximum absolute atomic E-state index is 3.33. The molecule has 0 radical (unpaired) electrons. The maximum atomic E-state index is 3.33. The normalized spacial score (nSPS) is 15.8. The van der Waals surface area contributed by atoms with Crippen LogP contribution in [0.15, 0.2) is 17.2 Å². The van der Waals surface area contributed by atoms with Crippen LogP contribution in [0.25, 0.3) is 0 Å². The molecule has 0 aromatic rings. The number of allylic oxidation sites excluding steroid dienone is 4. The standard InChI is InChI=1S/C9H13.Mo.2H/c1-3-8-6-5-7-9(8)4-2;;;/h6H,3-5H2,1-2H3;;;/q-1;;2*-1. The molecule has 0 saturated carbocycles. The Morgan fingerprint density at radius 2 is 2.20 bits per heavy atom. The van der Waals surface area contributed by atoms with E-state index < -0.39 is 0 Å². The molecule has 0 unspecified atom stereocenters. The quantitative estimate of drug-likeness (QED) is 0.494. The Kier molecular flexibility index (Phi) is 4.99. The largest absolute Gasteiger partial charge is 1.00 e. The van der Waals surface area contributed by atoms with E-state index in [4.69, 9.17) is 0 Å². The minimum absolute atomic E-state index is 0. The third-order valence-corrected chi connectivity index (χ3v) is 1.79. The summed E-state index contributed by atoms with van der Waals surface area (Å²) in [5.41, 5.74) is 2.95. The van der Waals surface area contributed by atoms with Gasteiger partial charge in [-0.2, -0.15) is 11.6 Å². The van der Waals surface area contributed by atoms with Crippen molar-refractivity contribution in [3.05, 3.63) is 23.3 Å². The molecule has 1 rings (SSSR count). The van der Waals surface area contributed by atoms with Crippen LogP contribution >= 0.6 is 0 Å². The Labute approximate surface area is 80.6 Å². The van der Waals surface area contributed by atoms with Crippen molar-refractivity contribution in [2.24, 2.45) is 0 Å². The molecule has 0 heterocycles. The van der Waals surface area contributed by atoms with Gasteiger partial charge in [-0.15, -0.1) is 6.42 Å². The third-order valence-electron chi connectivity index (χ3n) is 1.79. The minimum Gasteiger partial charge on any atom is -1.00 e. The Balaban J connectivity index is -0.000000270. The second-order valence-electron chi connectivity index (χ2n) is 2.30. The average molecular weight is 219 g/mol. The second-order valence-corrected chi connectivity index (χ2v) is 2.30. The van der Waals surface area contributed by atoms with Gasteiger partial charge in [0.1, 0.15) is 0 Å². The van der Waals surface area contributed by atoms with Crippen LogP contribution in [0.4, 0.5) is 0 Å². The monoisotopic (exact) mass is 221 g/mol. The molecule has 10 heavy (non-hydrogen) atoms. The predicted octanol–water partition coefficient (Wildman–Crippen LogP) is 3.09. The third kappa shape index (κ3) is 2.09. The van der Waals surface area contributed by atoms with E-state index in [9.17, 15) is 0 Å². The molecule has 0 amide bonds. The Bertz CT molecular complexity index is 144. The summed E-state index contributed by atoms with van der Waals surface area (Å²) in [6.45, 7) is 4.39. The summed E-state index contributed by atoms with van der Waals surface area (Å²) >= 11 is 0. The summed E-state index contributed by atoms with van der Waals surface area (Å²) < 4.78 is 0. The van der Waals surface area contributed by atoms with Gasteiger partial charge in [0.2, 0.25) is 0 Å². The molecule has 1 heteroatoms. The summed E-state index contributed by atoms with van der Waals surface area (Å²) in [5.74, 6) is 0. The molecule has 0 atom stereocenters. The molecule has 0 fully saturated rings. The van der Waals surface area contributed by atoms with Crippen molar-refractivity contribution in [1.29, 1.82) is 0 Å². The number of hydrogen-bond donors (Lipinski definition) is 0. The van der Waals surface area contributed by atoms with E-state index in [1.807, 2.05) is 0 Å². The molecule has 1 aliphatic rings. The number of rotatable bonds is 2. The van der Waals surface area contributed by atoms with Gasteiger partial charge in [0.05, 0.1) is 0 Å². The summed E-state index contributed by atoms with van der Waals surface area (Å²) in [5, 5.41) is 0. The molecule has 0 N–H and O–H groups in total. The van der Waals surface area contributed by atoms with E-state index >= 15 is 0 Å². The van der Waals surface area contributed by atoms with Gasteiger partial charge in [-0.25, -0.2) is 5.57 Å². The molecule has 60 valence electrons. The van der Waals surface area contributed by atoms with Gasteiger partial charge < -0.3 is 2.85 Å². The van der Waals surface area contributed by atoms with Gasteiger partial charge in [0.25, 0.3) is 0 Å². The van der Waals surface area contributed by atoms with Crippen LogP contribution in [-0.4, -0.2) is 0 Å². The molecule has 0 saturated heterocycles. The van der Waals surface area contributed by atoms with Crippen molar-refractivity contribution < 1.29 is 23.9 Å². The van der Waals surface area contributed by atoms with Crippen LogP contribution in [0.2, 0.25) is 0 Å². The van der Waals surface area contributed by atoms with Crippen LogP contribution in [0.3, 0.4) is 0 Å². The predicted molar refractivity (Wildman–Crippen MR) is 42.3 cm³/mol. The van der Waals surface area contributed by atoms with Crippen molar-refractivity contribution in [1.82, 2.24) is 0 Å². The summed E-state index contributed by atoms with van der Waals surface area (Å²) in [6.07, 6.45) is 8.99. The smallest absolute Gasteiger partial charge is 0 e. The molecule has 0 spiro atoms. The first-order valence-electron chi connectivity index (χ1n) is 3.67. The molecule has 0 aliphatic heterocycles. The molecule has 1 aliphatic carbocycles. The van der Waals surface area contributed by atoms with E-state index in [2.05, 4.69) is 26.0 Å². The van der Waals surface area contributed by atoms with Gasteiger partial charge in [-0.1, -0.05) is 26.7 Å². The molecule has 0 nitrogen and oxygen atoms in total. The van der Waals surface area contributed by atoms with Crippen LogP contribution in [0, 0.1) is 6.08 Å². The fraction of sp³-hybridized carbons (Fsp3) is 0.556. The number of hydrogen-bond acceptors (Lipinski definition) is 0. The van der Waals surface area contributed by atoms with Crippen molar-refractivity contribution in [2.45, 2.75) is 33.1 Å². The van der Waals surface area contributed by atoms with Gasteiger partial charge in [0, 0.05) is 21.1 Å². The summed E-state index contributed by atoms with van der Waals surface area (Å²) in [6, 6.07) is 0. The van der Waals surface area contributed by atoms with E-state index in [1.54, 1.807) is 0 Å². The molecular formula is C9H15Mo-3. The van der Waals surface area contributed by atoms with Crippen LogP contribution < -0.4 is 0 Å². The first-order valence-corrected chi connectivity index (χ1v) is 3.67. The van der Waals surface area contributed by atoms with Gasteiger partial charge in [-0.05, 0) is 0 Å². The van der Waals surface area contributed by atoms with E-state index in [-0.39, 0.29) is 23.9 Å². The average Bonchev–Trinajstić information content (AvgIpc) is 2.33. The zero-order valence-electron chi connectivity index (χ0n) is 8.61. The minimum atomic E-state index is 0. The van der Waals surface area contributed by atoms with E-state index in [0.29, 0.717) is 0 Å². The van der Waals surface area contributed by atoms with Gasteiger partial charge in [0.15, 0.2) is 0 Å². The zero-order chi connectivity index (χ0) is 6.69. The first kappa shape index (κ1) is 10.2. The van der Waals surface area contributed by atoms with Crippen LogP contribution in [0.1, 0.15) is 36.0 Å². The molecule has 0 aromatic carbocycles. The fourth-order valence-corrected chi connectivity index (χ4v) is 1.24. The first-order chi connectivity index (χ1) is 4.38. The van der Waals surface area contributed by atoms with Crippen molar-refractivity contribution in [3.8, 4) is 0 Å². The van der Waals surface area contributed by atoms with Crippen molar-refractivity contribution in [3.63, 3.8) is 0 Å². The van der Waals surface area contributed by atoms with Crippen molar-refractivity contribution >= 4 is 0 Å². The fourth-order valence-electron chi connectivity index (χ4n) is 1.24. The second kappa shape index (κ2) is 4.90. The van der Waals surface area contributed by atoms with E-state index in [1.165, 1.54) is 17.6 Å². The van der Waals surface area contributed by atoms with Gasteiger partial charge in [-0.3, -0.25) is 6.08 Å². The Morgan fingerprint density at radius 3 is 2.60 bits per heavy atom. The Hall–Kier alpha value is 0.168. The Morgan fingerprint density at radius 1 is 1.50 bits per heavy atom. The molecule has 0 bridgehead atoms. The molecule has 0 aromatic heterocycles. The summed E-state index contributed by atoms with van der Waals surface area (Å²) in [4.78, 5) is 0. The summed E-state index contributed by atoms with van der Waals surface area (Å²) in [7, 11) is 0. The maximum Gasteiger partial charge on any atom is 0 e. The van der Waals surface area contributed by atoms with Crippen molar-refractivity contribution in [2.75, 3.05) is 0 Å². The topological polar surface area (TPSA) is 0 Å². The van der Waals surface area contributed by atoms with Crippen LogP contribution in [-0.2, 0) is 21.1 Å². The molecular weight excluding hydrogens is 204 g/mol. The SMILES string of the molecule is CCC1=[C-]CC=C1CC.[H-].[H-].[Mo]. The zero-order valence-corrected chi connectivity index (χ0v) is 8.61.